The van der Waals surface area contributed by atoms with Crippen LogP contribution in [0.4, 0.5) is 0 Å². The molecule has 3 unspecified atom stereocenters. The minimum Gasteiger partial charge on any atom is -0.396 e. The predicted molar refractivity (Wildman–Crippen MR) is 56.5 cm³/mol. The first-order valence-corrected chi connectivity index (χ1v) is 5.84. The number of hydrogen-bond acceptors (Lipinski definition) is 4. The Kier molecular flexibility index (Phi) is 3.97. The summed E-state index contributed by atoms with van der Waals surface area (Å²) in [6, 6.07) is 0. The fourth-order valence-electron chi connectivity index (χ4n) is 2.42. The number of nitrogens with zero attached hydrogens (tertiary/aromatic N) is 1. The van der Waals surface area contributed by atoms with Crippen molar-refractivity contribution in [3.8, 4) is 0 Å². The van der Waals surface area contributed by atoms with E-state index in [2.05, 4.69) is 11.9 Å². The Bertz CT molecular complexity index is 200. The Balaban J connectivity index is 1.68. The van der Waals surface area contributed by atoms with Crippen LogP contribution in [0.25, 0.3) is 0 Å². The first-order chi connectivity index (χ1) is 7.28. The Hall–Kier alpha value is -0.160. The molecule has 2 aliphatic heterocycles. The number of hydrogen-bond donors (Lipinski definition) is 1. The molecule has 0 aromatic carbocycles. The standard InChI is InChI=1S/C11H21NO3/c1-12-4-2-9(7-12)6-11-14-8-10(15-11)3-5-13/h9-11,13H,2-8H2,1H3. The number of ether oxygens (including phenoxy) is 2. The molecular formula is C11H21NO3. The third kappa shape index (κ3) is 3.14. The summed E-state index contributed by atoms with van der Waals surface area (Å²) in [6.07, 6.45) is 3.04. The van der Waals surface area contributed by atoms with Gasteiger partial charge in [-0.05, 0) is 32.4 Å². The molecule has 0 aromatic heterocycles. The van der Waals surface area contributed by atoms with Crippen LogP contribution in [-0.2, 0) is 9.47 Å². The maximum absolute atomic E-state index is 8.79. The molecule has 4 heteroatoms. The van der Waals surface area contributed by atoms with E-state index in [-0.39, 0.29) is 19.0 Å². The second kappa shape index (κ2) is 5.25. The monoisotopic (exact) mass is 215 g/mol. The van der Waals surface area contributed by atoms with E-state index in [1.807, 2.05) is 0 Å². The maximum Gasteiger partial charge on any atom is 0.158 e. The largest absolute Gasteiger partial charge is 0.396 e. The Morgan fingerprint density at radius 1 is 1.47 bits per heavy atom. The summed E-state index contributed by atoms with van der Waals surface area (Å²) in [4.78, 5) is 2.35. The average molecular weight is 215 g/mol. The summed E-state index contributed by atoms with van der Waals surface area (Å²) in [7, 11) is 2.16. The van der Waals surface area contributed by atoms with Crippen LogP contribution in [0, 0.1) is 5.92 Å². The van der Waals surface area contributed by atoms with Crippen molar-refractivity contribution in [2.75, 3.05) is 33.4 Å². The highest BCUT2D eigenvalue weighted by Gasteiger charge is 2.30. The highest BCUT2D eigenvalue weighted by atomic mass is 16.7. The van der Waals surface area contributed by atoms with Crippen LogP contribution in [0.5, 0.6) is 0 Å². The van der Waals surface area contributed by atoms with Crippen LogP contribution >= 0.6 is 0 Å². The third-order valence-corrected chi connectivity index (χ3v) is 3.28. The van der Waals surface area contributed by atoms with Gasteiger partial charge in [-0.3, -0.25) is 0 Å². The molecule has 3 atom stereocenters. The van der Waals surface area contributed by atoms with Crippen molar-refractivity contribution in [3.05, 3.63) is 0 Å². The zero-order valence-electron chi connectivity index (χ0n) is 9.39. The molecule has 15 heavy (non-hydrogen) atoms. The fraction of sp³-hybridized carbons (Fsp3) is 1.00. The van der Waals surface area contributed by atoms with Gasteiger partial charge in [-0.2, -0.15) is 0 Å². The molecule has 2 heterocycles. The molecule has 2 saturated heterocycles. The Morgan fingerprint density at radius 3 is 3.00 bits per heavy atom. The van der Waals surface area contributed by atoms with Gasteiger partial charge in [0.15, 0.2) is 6.29 Å². The van der Waals surface area contributed by atoms with E-state index in [1.165, 1.54) is 13.0 Å². The third-order valence-electron chi connectivity index (χ3n) is 3.28. The summed E-state index contributed by atoms with van der Waals surface area (Å²) < 4.78 is 11.3. The topological polar surface area (TPSA) is 41.9 Å². The van der Waals surface area contributed by atoms with E-state index in [0.29, 0.717) is 18.9 Å². The molecule has 0 saturated carbocycles. The molecule has 0 bridgehead atoms. The molecule has 0 spiro atoms. The van der Waals surface area contributed by atoms with Gasteiger partial charge < -0.3 is 19.5 Å². The van der Waals surface area contributed by atoms with Crippen molar-refractivity contribution >= 4 is 0 Å². The van der Waals surface area contributed by atoms with Crippen molar-refractivity contribution in [2.24, 2.45) is 5.92 Å². The SMILES string of the molecule is CN1CCC(CC2OCC(CCO)O2)C1. The quantitative estimate of drug-likeness (QED) is 0.739. The highest BCUT2D eigenvalue weighted by Crippen LogP contribution is 2.25. The van der Waals surface area contributed by atoms with Crippen molar-refractivity contribution < 1.29 is 14.6 Å². The van der Waals surface area contributed by atoms with E-state index in [1.54, 1.807) is 0 Å². The lowest BCUT2D eigenvalue weighted by Gasteiger charge is -2.15. The van der Waals surface area contributed by atoms with Crippen LogP contribution in [0.1, 0.15) is 19.3 Å². The van der Waals surface area contributed by atoms with Crippen molar-refractivity contribution in [1.82, 2.24) is 4.90 Å². The zero-order chi connectivity index (χ0) is 10.7. The molecule has 0 aliphatic carbocycles. The van der Waals surface area contributed by atoms with Gasteiger partial charge in [-0.1, -0.05) is 0 Å². The molecule has 2 aliphatic rings. The van der Waals surface area contributed by atoms with Crippen LogP contribution in [0.2, 0.25) is 0 Å². The van der Waals surface area contributed by atoms with Crippen molar-refractivity contribution in [3.63, 3.8) is 0 Å². The highest BCUT2D eigenvalue weighted by molar-refractivity contribution is 4.76. The lowest BCUT2D eigenvalue weighted by molar-refractivity contribution is -0.0726. The first kappa shape index (κ1) is 11.3. The number of aliphatic hydroxyl groups is 1. The van der Waals surface area contributed by atoms with Gasteiger partial charge in [-0.25, -0.2) is 0 Å². The number of aliphatic hydroxyl groups excluding tert-OH is 1. The van der Waals surface area contributed by atoms with E-state index >= 15 is 0 Å². The smallest absolute Gasteiger partial charge is 0.158 e. The van der Waals surface area contributed by atoms with Gasteiger partial charge in [0.1, 0.15) is 0 Å². The summed E-state index contributed by atoms with van der Waals surface area (Å²) in [5.74, 6) is 0.716. The minimum atomic E-state index is -0.0296. The molecule has 2 fully saturated rings. The number of likely N-dealkylation sites (tertiary alicyclic amines) is 1. The van der Waals surface area contributed by atoms with E-state index in [4.69, 9.17) is 14.6 Å². The average Bonchev–Trinajstić information content (AvgIpc) is 2.78. The van der Waals surface area contributed by atoms with Gasteiger partial charge in [0, 0.05) is 19.6 Å². The van der Waals surface area contributed by atoms with Gasteiger partial charge in [0.25, 0.3) is 0 Å². The molecular weight excluding hydrogens is 194 g/mol. The summed E-state index contributed by atoms with van der Waals surface area (Å²) in [6.45, 7) is 3.19. The summed E-state index contributed by atoms with van der Waals surface area (Å²) in [5.41, 5.74) is 0. The Labute approximate surface area is 91.2 Å². The second-order valence-electron chi connectivity index (χ2n) is 4.69. The Morgan fingerprint density at radius 2 is 2.33 bits per heavy atom. The number of rotatable bonds is 4. The maximum atomic E-state index is 8.79. The summed E-state index contributed by atoms with van der Waals surface area (Å²) in [5, 5.41) is 8.79. The molecule has 0 amide bonds. The summed E-state index contributed by atoms with van der Waals surface area (Å²) >= 11 is 0. The second-order valence-corrected chi connectivity index (χ2v) is 4.69. The van der Waals surface area contributed by atoms with E-state index in [0.717, 1.165) is 13.0 Å². The minimum absolute atomic E-state index is 0.0296. The van der Waals surface area contributed by atoms with Crippen LogP contribution in [-0.4, -0.2) is 55.8 Å². The van der Waals surface area contributed by atoms with E-state index in [9.17, 15) is 0 Å². The normalized spacial score (nSPS) is 37.6. The van der Waals surface area contributed by atoms with Crippen molar-refractivity contribution in [1.29, 1.82) is 0 Å². The van der Waals surface area contributed by atoms with Gasteiger partial charge in [0.05, 0.1) is 12.7 Å². The van der Waals surface area contributed by atoms with Gasteiger partial charge >= 0.3 is 0 Å². The molecule has 0 radical (unpaired) electrons. The molecule has 88 valence electrons. The van der Waals surface area contributed by atoms with Crippen LogP contribution in [0.3, 0.4) is 0 Å². The molecule has 0 aromatic rings. The lowest BCUT2D eigenvalue weighted by atomic mass is 10.1. The fourth-order valence-corrected chi connectivity index (χ4v) is 2.42. The molecule has 4 nitrogen and oxygen atoms in total. The zero-order valence-corrected chi connectivity index (χ0v) is 9.39. The lowest BCUT2D eigenvalue weighted by Crippen LogP contribution is -2.19. The first-order valence-electron chi connectivity index (χ1n) is 5.84. The van der Waals surface area contributed by atoms with Crippen molar-refractivity contribution in [2.45, 2.75) is 31.7 Å². The van der Waals surface area contributed by atoms with Gasteiger partial charge in [0.2, 0.25) is 0 Å². The van der Waals surface area contributed by atoms with E-state index < -0.39 is 0 Å². The van der Waals surface area contributed by atoms with Gasteiger partial charge in [-0.15, -0.1) is 0 Å². The molecule has 1 N–H and O–H groups in total. The predicted octanol–water partition coefficient (Wildman–Crippen LogP) is 0.452. The van der Waals surface area contributed by atoms with Crippen LogP contribution in [0.15, 0.2) is 0 Å². The van der Waals surface area contributed by atoms with Crippen LogP contribution < -0.4 is 0 Å². The molecule has 2 rings (SSSR count).